The highest BCUT2D eigenvalue weighted by atomic mass is 16.6. The fraction of sp³-hybridized carbons (Fsp3) is 0.787. The van der Waals surface area contributed by atoms with E-state index in [-0.39, 0.29) is 73.7 Å². The fourth-order valence-electron chi connectivity index (χ4n) is 12.3. The van der Waals surface area contributed by atoms with Crippen LogP contribution in [0.15, 0.2) is 42.9 Å². The van der Waals surface area contributed by atoms with Gasteiger partial charge in [0, 0.05) is 51.5 Å². The third-order valence-corrected chi connectivity index (χ3v) is 18.2. The first-order valence-corrected chi connectivity index (χ1v) is 36.4. The summed E-state index contributed by atoms with van der Waals surface area (Å²) in [7, 11) is 1.99. The van der Waals surface area contributed by atoms with Crippen molar-refractivity contribution in [3.63, 3.8) is 0 Å². The van der Waals surface area contributed by atoms with Crippen molar-refractivity contribution in [1.29, 1.82) is 5.26 Å². The number of ether oxygens (including phenoxy) is 3. The van der Waals surface area contributed by atoms with Crippen LogP contribution < -0.4 is 4.90 Å². The maximum Gasteiger partial charge on any atom is 0.306 e. The van der Waals surface area contributed by atoms with Crippen molar-refractivity contribution in [2.75, 3.05) is 38.3 Å². The number of hydrogen-bond donors (Lipinski definition) is 0. The normalized spacial score (nSPS) is 15.1. The molecule has 2 aromatic heterocycles. The van der Waals surface area contributed by atoms with E-state index < -0.39 is 6.10 Å². The number of nitrogens with zero attached hydrogens (tertiary/aromatic N) is 6. The highest BCUT2D eigenvalue weighted by Crippen LogP contribution is 2.31. The van der Waals surface area contributed by atoms with Crippen LogP contribution in [0.5, 0.6) is 0 Å². The first kappa shape index (κ1) is 78.2. The SMILES string of the molecule is CCCCCCCC/C=C\CCCCCCCC(=O)OCC(COC(=O)CCCCCCC/C=C\CCCCCCCC)OC(=O)CC(C)CCCCCCCCCCCCCC(C)C(=O)n1ccc2c(N(C)[C@H]3CN(C(=O)CC#N)CC[C@H]3C)ncnc21. The van der Waals surface area contributed by atoms with Crippen LogP contribution in [0.1, 0.15) is 322 Å². The molecule has 0 aliphatic carbocycles. The lowest BCUT2D eigenvalue weighted by atomic mass is 9.92. The van der Waals surface area contributed by atoms with Crippen LogP contribution in [0.4, 0.5) is 5.82 Å². The number of piperidine rings is 1. The maximum absolute atomic E-state index is 13.7. The summed E-state index contributed by atoms with van der Waals surface area (Å²) in [4.78, 5) is 78.1. The number of carbonyl (C=O) groups is 5. The number of rotatable bonds is 55. The van der Waals surface area contributed by atoms with Crippen molar-refractivity contribution in [3.8, 4) is 6.07 Å². The molecule has 1 aliphatic heterocycles. The van der Waals surface area contributed by atoms with E-state index in [0.29, 0.717) is 37.5 Å². The molecule has 1 aliphatic rings. The standard InChI is InChI=1S/C75H126N6O8/c1-7-9-11-13-15-17-19-21-23-25-30-34-38-42-46-50-70(83)87-60-66(61-88-71(84)51-47-43-39-35-31-26-24-22-20-18-16-14-12-10-8-2)89-72(85)58-63(3)48-44-40-36-32-28-27-29-33-37-41-45-49-65(5)75(86)81-57-54-67-73(77-62-78-74(67)81)79(6)68-59-80(56-53-64(68)4)69(82)52-55-76/h21-24,54,57,62-66,68H,7-20,25-53,56,58-61H2,1-6H3/b23-21-,24-22-/t63?,64-,65?,68+/m1/s1. The van der Waals surface area contributed by atoms with Gasteiger partial charge < -0.3 is 24.0 Å². The minimum atomic E-state index is -0.828. The Labute approximate surface area is 541 Å². The molecule has 2 unspecified atom stereocenters. The molecule has 4 atom stereocenters. The maximum atomic E-state index is 13.7. The number of hydrogen-bond acceptors (Lipinski definition) is 12. The van der Waals surface area contributed by atoms with E-state index in [1.807, 2.05) is 32.3 Å². The first-order chi connectivity index (χ1) is 43.4. The largest absolute Gasteiger partial charge is 0.462 e. The molecule has 1 fully saturated rings. The van der Waals surface area contributed by atoms with Gasteiger partial charge in [0.05, 0.1) is 17.5 Å². The van der Waals surface area contributed by atoms with Crippen LogP contribution in [0.25, 0.3) is 11.0 Å². The average molecular weight is 1240 g/mol. The van der Waals surface area contributed by atoms with Gasteiger partial charge in [0.2, 0.25) is 11.8 Å². The Bertz CT molecular complexity index is 2230. The predicted octanol–water partition coefficient (Wildman–Crippen LogP) is 19.5. The van der Waals surface area contributed by atoms with Gasteiger partial charge in [0.15, 0.2) is 11.8 Å². The number of amides is 1. The molecular weight excluding hydrogens is 1110 g/mol. The molecule has 89 heavy (non-hydrogen) atoms. The summed E-state index contributed by atoms with van der Waals surface area (Å²) in [6, 6.07) is 3.93. The van der Waals surface area contributed by atoms with Crippen LogP contribution in [-0.2, 0) is 33.4 Å². The number of likely N-dealkylation sites (tertiary alicyclic amines) is 1. The molecule has 0 saturated carbocycles. The summed E-state index contributed by atoms with van der Waals surface area (Å²) in [6.07, 6.45) is 58.9. The van der Waals surface area contributed by atoms with Gasteiger partial charge in [0.1, 0.15) is 31.8 Å². The molecule has 0 spiro atoms. The third kappa shape index (κ3) is 36.5. The summed E-state index contributed by atoms with van der Waals surface area (Å²) in [6.45, 7) is 11.7. The van der Waals surface area contributed by atoms with E-state index in [4.69, 9.17) is 19.5 Å². The molecule has 3 heterocycles. The van der Waals surface area contributed by atoms with Gasteiger partial charge in [-0.05, 0) is 95.0 Å². The van der Waals surface area contributed by atoms with Gasteiger partial charge in [-0.15, -0.1) is 0 Å². The number of esters is 3. The Morgan fingerprint density at radius 3 is 1.55 bits per heavy atom. The molecule has 2 aromatic rings. The molecule has 504 valence electrons. The molecular formula is C75H126N6O8. The lowest BCUT2D eigenvalue weighted by molar-refractivity contribution is -0.167. The highest BCUT2D eigenvalue weighted by Gasteiger charge is 2.33. The minimum Gasteiger partial charge on any atom is -0.462 e. The van der Waals surface area contributed by atoms with Crippen LogP contribution >= 0.6 is 0 Å². The van der Waals surface area contributed by atoms with Crippen molar-refractivity contribution in [3.05, 3.63) is 42.9 Å². The van der Waals surface area contributed by atoms with Crippen LogP contribution in [0.2, 0.25) is 0 Å². The van der Waals surface area contributed by atoms with Crippen molar-refractivity contribution >= 4 is 46.6 Å². The molecule has 0 radical (unpaired) electrons. The van der Waals surface area contributed by atoms with Crippen molar-refractivity contribution in [2.45, 2.75) is 329 Å². The van der Waals surface area contributed by atoms with Crippen molar-refractivity contribution < 1.29 is 38.2 Å². The van der Waals surface area contributed by atoms with Gasteiger partial charge in [-0.25, -0.2) is 9.97 Å². The predicted molar refractivity (Wildman–Crippen MR) is 365 cm³/mol. The number of unbranched alkanes of at least 4 members (excludes halogenated alkanes) is 32. The molecule has 14 heteroatoms. The topological polar surface area (TPSA) is 174 Å². The first-order valence-electron chi connectivity index (χ1n) is 36.4. The Hall–Kier alpha value is -5.06. The summed E-state index contributed by atoms with van der Waals surface area (Å²) in [5, 5.41) is 9.89. The zero-order valence-electron chi connectivity index (χ0n) is 57.3. The van der Waals surface area contributed by atoms with Gasteiger partial charge in [-0.3, -0.25) is 28.5 Å². The van der Waals surface area contributed by atoms with Gasteiger partial charge in [-0.2, -0.15) is 5.26 Å². The van der Waals surface area contributed by atoms with Crippen LogP contribution in [0.3, 0.4) is 0 Å². The van der Waals surface area contributed by atoms with Crippen LogP contribution in [0, 0.1) is 29.1 Å². The average Bonchev–Trinajstić information content (AvgIpc) is 2.02. The number of allylic oxidation sites excluding steroid dienone is 4. The number of carbonyl (C=O) groups excluding carboxylic acids is 5. The number of likely N-dealkylation sites (N-methyl/N-ethyl adjacent to an activating group) is 1. The van der Waals surface area contributed by atoms with Gasteiger partial charge in [-0.1, -0.05) is 239 Å². The van der Waals surface area contributed by atoms with E-state index in [1.54, 1.807) is 9.47 Å². The van der Waals surface area contributed by atoms with Crippen molar-refractivity contribution in [1.82, 2.24) is 19.4 Å². The minimum absolute atomic E-state index is 0.0245. The number of fused-ring (bicyclic) bond motifs is 1. The lowest BCUT2D eigenvalue weighted by Crippen LogP contribution is -2.52. The van der Waals surface area contributed by atoms with E-state index >= 15 is 0 Å². The molecule has 1 saturated heterocycles. The van der Waals surface area contributed by atoms with E-state index in [9.17, 15) is 24.0 Å². The Morgan fingerprint density at radius 2 is 1.07 bits per heavy atom. The summed E-state index contributed by atoms with van der Waals surface area (Å²) >= 11 is 0. The second-order valence-electron chi connectivity index (χ2n) is 26.4. The molecule has 0 aromatic carbocycles. The van der Waals surface area contributed by atoms with E-state index in [2.05, 4.69) is 66.9 Å². The summed E-state index contributed by atoms with van der Waals surface area (Å²) in [5.74, 6) is 0.0155. The number of anilines is 1. The molecule has 14 nitrogen and oxygen atoms in total. The van der Waals surface area contributed by atoms with E-state index in [0.717, 1.165) is 120 Å². The third-order valence-electron chi connectivity index (χ3n) is 18.2. The Balaban J connectivity index is 1.28. The van der Waals surface area contributed by atoms with Crippen LogP contribution in [-0.4, -0.2) is 94.7 Å². The van der Waals surface area contributed by atoms with E-state index in [1.165, 1.54) is 154 Å². The summed E-state index contributed by atoms with van der Waals surface area (Å²) in [5.41, 5.74) is 0.601. The zero-order chi connectivity index (χ0) is 64.4. The van der Waals surface area contributed by atoms with Gasteiger partial charge >= 0.3 is 17.9 Å². The Kier molecular flexibility index (Phi) is 45.3. The number of aromatic nitrogens is 3. The second-order valence-corrected chi connectivity index (χ2v) is 26.4. The second kappa shape index (κ2) is 51.5. The molecule has 0 N–H and O–H groups in total. The summed E-state index contributed by atoms with van der Waals surface area (Å²) < 4.78 is 18.8. The molecule has 1 amide bonds. The highest BCUT2D eigenvalue weighted by molar-refractivity contribution is 5.96. The number of nitriles is 1. The quantitative estimate of drug-likeness (QED) is 0.0266. The molecule has 3 rings (SSSR count). The lowest BCUT2D eigenvalue weighted by Gasteiger charge is -2.42. The van der Waals surface area contributed by atoms with Crippen molar-refractivity contribution in [2.24, 2.45) is 17.8 Å². The fourth-order valence-corrected chi connectivity index (χ4v) is 12.3. The monoisotopic (exact) mass is 1240 g/mol. The smallest absolute Gasteiger partial charge is 0.306 e. The van der Waals surface area contributed by atoms with Gasteiger partial charge in [0.25, 0.3) is 0 Å². The zero-order valence-corrected chi connectivity index (χ0v) is 57.3. The Morgan fingerprint density at radius 1 is 0.618 bits per heavy atom. The molecule has 0 bridgehead atoms.